The van der Waals surface area contributed by atoms with Crippen LogP contribution in [0, 0.1) is 0 Å². The lowest BCUT2D eigenvalue weighted by Crippen LogP contribution is -2.37. The molecule has 0 saturated carbocycles. The highest BCUT2D eigenvalue weighted by atomic mass is 35.5. The largest absolute Gasteiger partial charge is 0.339 e. The number of amides is 2. The van der Waals surface area contributed by atoms with E-state index in [1.54, 1.807) is 48.5 Å². The zero-order chi connectivity index (χ0) is 22.4. The van der Waals surface area contributed by atoms with Crippen molar-refractivity contribution in [1.29, 1.82) is 0 Å². The minimum Gasteiger partial charge on any atom is -0.339 e. The standard InChI is InChI=1S/C22H26ClN3O4S/c1-31(29,30)26(15-18-7-3-4-8-20(18)23)16-21(27)24-19-11-9-17(10-12-19)22(28)25-13-5-2-6-14-25/h3-4,7-12H,2,5-6,13-16H2,1H3,(H,24,27). The van der Waals surface area contributed by atoms with E-state index in [-0.39, 0.29) is 19.0 Å². The fourth-order valence-corrected chi connectivity index (χ4v) is 4.36. The van der Waals surface area contributed by atoms with Gasteiger partial charge in [-0.15, -0.1) is 0 Å². The Morgan fingerprint density at radius 3 is 2.29 bits per heavy atom. The van der Waals surface area contributed by atoms with Crippen LogP contribution in [0.25, 0.3) is 0 Å². The van der Waals surface area contributed by atoms with Crippen molar-refractivity contribution in [3.05, 3.63) is 64.7 Å². The van der Waals surface area contributed by atoms with Gasteiger partial charge in [-0.05, 0) is 55.2 Å². The van der Waals surface area contributed by atoms with Crippen molar-refractivity contribution in [3.63, 3.8) is 0 Å². The lowest BCUT2D eigenvalue weighted by molar-refractivity contribution is -0.116. The molecule has 1 aliphatic heterocycles. The molecule has 1 saturated heterocycles. The number of nitrogens with one attached hydrogen (secondary N) is 1. The molecule has 0 aromatic heterocycles. The molecule has 2 aromatic carbocycles. The van der Waals surface area contributed by atoms with Crippen LogP contribution in [0.1, 0.15) is 35.2 Å². The van der Waals surface area contributed by atoms with Gasteiger partial charge in [0, 0.05) is 35.9 Å². The van der Waals surface area contributed by atoms with Crippen molar-refractivity contribution in [3.8, 4) is 0 Å². The molecule has 0 atom stereocenters. The van der Waals surface area contributed by atoms with Crippen LogP contribution in [0.2, 0.25) is 5.02 Å². The van der Waals surface area contributed by atoms with Crippen LogP contribution < -0.4 is 5.32 Å². The van der Waals surface area contributed by atoms with Gasteiger partial charge in [-0.25, -0.2) is 8.42 Å². The predicted octanol–water partition coefficient (Wildman–Crippen LogP) is 3.37. The minimum atomic E-state index is -3.63. The Labute approximate surface area is 188 Å². The molecule has 31 heavy (non-hydrogen) atoms. The Bertz CT molecular complexity index is 1030. The van der Waals surface area contributed by atoms with Crippen molar-refractivity contribution < 1.29 is 18.0 Å². The lowest BCUT2D eigenvalue weighted by Gasteiger charge is -2.26. The van der Waals surface area contributed by atoms with Gasteiger partial charge >= 0.3 is 0 Å². The molecule has 0 radical (unpaired) electrons. The summed E-state index contributed by atoms with van der Waals surface area (Å²) in [5.74, 6) is -0.492. The molecular formula is C22H26ClN3O4S. The van der Waals surface area contributed by atoms with Gasteiger partial charge in [-0.3, -0.25) is 9.59 Å². The molecule has 1 aliphatic rings. The highest BCUT2D eigenvalue weighted by molar-refractivity contribution is 7.88. The highest BCUT2D eigenvalue weighted by Crippen LogP contribution is 2.19. The van der Waals surface area contributed by atoms with Crippen LogP contribution in [0.4, 0.5) is 5.69 Å². The first-order valence-corrected chi connectivity index (χ1v) is 12.3. The molecule has 9 heteroatoms. The highest BCUT2D eigenvalue weighted by Gasteiger charge is 2.22. The van der Waals surface area contributed by atoms with Crippen LogP contribution in [0.3, 0.4) is 0 Å². The molecule has 3 rings (SSSR count). The molecular weight excluding hydrogens is 438 g/mol. The zero-order valence-corrected chi connectivity index (χ0v) is 19.0. The molecule has 0 spiro atoms. The Kier molecular flexibility index (Phi) is 7.69. The lowest BCUT2D eigenvalue weighted by atomic mass is 10.1. The first kappa shape index (κ1) is 23.2. The molecule has 7 nitrogen and oxygen atoms in total. The first-order chi connectivity index (χ1) is 14.7. The van der Waals surface area contributed by atoms with E-state index in [2.05, 4.69) is 5.32 Å². The van der Waals surface area contributed by atoms with Crippen molar-refractivity contribution in [1.82, 2.24) is 9.21 Å². The second-order valence-electron chi connectivity index (χ2n) is 7.60. The number of piperidine rings is 1. The van der Waals surface area contributed by atoms with Gasteiger partial charge in [-0.2, -0.15) is 4.31 Å². The van der Waals surface area contributed by atoms with Crippen LogP contribution in [-0.4, -0.2) is 55.3 Å². The van der Waals surface area contributed by atoms with Crippen molar-refractivity contribution in [2.45, 2.75) is 25.8 Å². The van der Waals surface area contributed by atoms with Gasteiger partial charge in [0.25, 0.3) is 5.91 Å². The molecule has 1 N–H and O–H groups in total. The van der Waals surface area contributed by atoms with E-state index in [1.807, 2.05) is 4.90 Å². The van der Waals surface area contributed by atoms with Crippen molar-refractivity contribution in [2.75, 3.05) is 31.2 Å². The monoisotopic (exact) mass is 463 g/mol. The van der Waals surface area contributed by atoms with Gasteiger partial charge in [0.05, 0.1) is 12.8 Å². The molecule has 2 aromatic rings. The summed E-state index contributed by atoms with van der Waals surface area (Å²) in [5, 5.41) is 3.12. The molecule has 2 amide bonds. The number of sulfonamides is 1. The van der Waals surface area contributed by atoms with E-state index in [0.29, 0.717) is 21.8 Å². The number of likely N-dealkylation sites (tertiary alicyclic amines) is 1. The predicted molar refractivity (Wildman–Crippen MR) is 122 cm³/mol. The third-order valence-electron chi connectivity index (χ3n) is 5.15. The smallest absolute Gasteiger partial charge is 0.253 e. The third kappa shape index (κ3) is 6.53. The summed E-state index contributed by atoms with van der Waals surface area (Å²) in [6, 6.07) is 13.5. The number of hydrogen-bond acceptors (Lipinski definition) is 4. The fraction of sp³-hybridized carbons (Fsp3) is 0.364. The summed E-state index contributed by atoms with van der Waals surface area (Å²) in [7, 11) is -3.63. The third-order valence-corrected chi connectivity index (χ3v) is 6.72. The van der Waals surface area contributed by atoms with E-state index in [1.165, 1.54) is 0 Å². The number of hydrogen-bond donors (Lipinski definition) is 1. The van der Waals surface area contributed by atoms with Crippen LogP contribution in [0.15, 0.2) is 48.5 Å². The Balaban J connectivity index is 1.63. The van der Waals surface area contributed by atoms with E-state index >= 15 is 0 Å². The Hall–Kier alpha value is -2.42. The van der Waals surface area contributed by atoms with Crippen LogP contribution in [-0.2, 0) is 21.4 Å². The summed E-state index contributed by atoms with van der Waals surface area (Å²) < 4.78 is 25.4. The van der Waals surface area contributed by atoms with E-state index < -0.39 is 15.9 Å². The molecule has 0 unspecified atom stereocenters. The van der Waals surface area contributed by atoms with Gasteiger partial charge in [0.15, 0.2) is 0 Å². The molecule has 0 bridgehead atoms. The number of halogens is 1. The summed E-state index contributed by atoms with van der Waals surface area (Å²) in [6.45, 7) is 1.18. The van der Waals surface area contributed by atoms with Gasteiger partial charge in [-0.1, -0.05) is 29.8 Å². The fourth-order valence-electron chi connectivity index (χ4n) is 3.44. The summed E-state index contributed by atoms with van der Waals surface area (Å²) in [5.41, 5.74) is 1.67. The first-order valence-electron chi connectivity index (χ1n) is 10.1. The number of nitrogens with zero attached hydrogens (tertiary/aromatic N) is 2. The van der Waals surface area contributed by atoms with E-state index in [0.717, 1.165) is 42.9 Å². The average molecular weight is 464 g/mol. The van der Waals surface area contributed by atoms with Gasteiger partial charge < -0.3 is 10.2 Å². The number of rotatable bonds is 7. The maximum Gasteiger partial charge on any atom is 0.253 e. The Morgan fingerprint density at radius 2 is 1.68 bits per heavy atom. The van der Waals surface area contributed by atoms with Crippen molar-refractivity contribution in [2.24, 2.45) is 0 Å². The normalized spacial score (nSPS) is 14.5. The maximum absolute atomic E-state index is 12.5. The summed E-state index contributed by atoms with van der Waals surface area (Å²) in [6.07, 6.45) is 4.24. The maximum atomic E-state index is 12.5. The van der Waals surface area contributed by atoms with E-state index in [4.69, 9.17) is 11.6 Å². The van der Waals surface area contributed by atoms with Crippen LogP contribution in [0.5, 0.6) is 0 Å². The summed E-state index contributed by atoms with van der Waals surface area (Å²) >= 11 is 6.13. The second kappa shape index (κ2) is 10.3. The molecule has 1 heterocycles. The average Bonchev–Trinajstić information content (AvgIpc) is 2.75. The number of benzene rings is 2. The zero-order valence-electron chi connectivity index (χ0n) is 17.4. The molecule has 1 fully saturated rings. The van der Waals surface area contributed by atoms with Gasteiger partial charge in [0.2, 0.25) is 15.9 Å². The topological polar surface area (TPSA) is 86.8 Å². The number of carbonyl (C=O) groups is 2. The number of anilines is 1. The number of carbonyl (C=O) groups excluding carboxylic acids is 2. The van der Waals surface area contributed by atoms with Crippen LogP contribution >= 0.6 is 11.6 Å². The SMILES string of the molecule is CS(=O)(=O)N(CC(=O)Nc1ccc(C(=O)N2CCCCC2)cc1)Cc1ccccc1Cl. The minimum absolute atomic E-state index is 0.00476. The molecule has 166 valence electrons. The summed E-state index contributed by atoms with van der Waals surface area (Å²) in [4.78, 5) is 26.9. The van der Waals surface area contributed by atoms with Crippen molar-refractivity contribution >= 4 is 39.1 Å². The van der Waals surface area contributed by atoms with Gasteiger partial charge in [0.1, 0.15) is 0 Å². The quantitative estimate of drug-likeness (QED) is 0.682. The second-order valence-corrected chi connectivity index (χ2v) is 9.99. The molecule has 0 aliphatic carbocycles. The van der Waals surface area contributed by atoms with E-state index in [9.17, 15) is 18.0 Å². The Morgan fingerprint density at radius 1 is 1.03 bits per heavy atom.